The van der Waals surface area contributed by atoms with E-state index in [-0.39, 0.29) is 11.8 Å². The summed E-state index contributed by atoms with van der Waals surface area (Å²) in [5, 5.41) is 6.59. The van der Waals surface area contributed by atoms with Crippen LogP contribution in [-0.2, 0) is 6.54 Å². The zero-order chi connectivity index (χ0) is 22.1. The Morgan fingerprint density at radius 3 is 2.47 bits per heavy atom. The maximum Gasteiger partial charge on any atom is 0.271 e. The number of anilines is 1. The van der Waals surface area contributed by atoms with Crippen LogP contribution in [0.5, 0.6) is 0 Å². The number of hydrazone groups is 1. The van der Waals surface area contributed by atoms with Gasteiger partial charge in [-0.1, -0.05) is 66.2 Å². The second kappa shape index (κ2) is 8.29. The average Bonchev–Trinajstić information content (AvgIpc) is 3.09. The number of carbonyl (C=O) groups is 2. The Morgan fingerprint density at radius 2 is 1.69 bits per heavy atom. The first-order valence-corrected chi connectivity index (χ1v) is 10.5. The monoisotopic (exact) mass is 439 g/mol. The van der Waals surface area contributed by atoms with Gasteiger partial charge in [-0.3, -0.25) is 9.59 Å². The molecule has 0 radical (unpaired) electrons. The second-order valence-electron chi connectivity index (χ2n) is 7.49. The van der Waals surface area contributed by atoms with Gasteiger partial charge in [0.25, 0.3) is 11.8 Å². The highest BCUT2D eigenvalue weighted by atomic mass is 35.5. The molecule has 0 atom stereocenters. The lowest BCUT2D eigenvalue weighted by atomic mass is 10.1. The van der Waals surface area contributed by atoms with E-state index in [1.807, 2.05) is 66.7 Å². The molecule has 1 heterocycles. The molecule has 4 aromatic rings. The summed E-state index contributed by atoms with van der Waals surface area (Å²) in [5.41, 5.74) is 6.27. The van der Waals surface area contributed by atoms with Crippen molar-refractivity contribution < 1.29 is 9.59 Å². The molecule has 4 aromatic carbocycles. The van der Waals surface area contributed by atoms with E-state index in [1.165, 1.54) is 6.21 Å². The van der Waals surface area contributed by atoms with Gasteiger partial charge in [0, 0.05) is 27.1 Å². The molecule has 1 aliphatic rings. The summed E-state index contributed by atoms with van der Waals surface area (Å²) < 4.78 is 0. The van der Waals surface area contributed by atoms with Crippen LogP contribution in [0.15, 0.2) is 90.0 Å². The largest absolute Gasteiger partial charge is 0.303 e. The van der Waals surface area contributed by atoms with Crippen LogP contribution in [0.2, 0.25) is 5.02 Å². The van der Waals surface area contributed by atoms with E-state index in [9.17, 15) is 9.59 Å². The molecular formula is C26H18ClN3O2. The van der Waals surface area contributed by atoms with E-state index in [0.717, 1.165) is 33.2 Å². The van der Waals surface area contributed by atoms with Crippen LogP contribution in [-0.4, -0.2) is 18.0 Å². The van der Waals surface area contributed by atoms with Crippen molar-refractivity contribution in [1.29, 1.82) is 0 Å². The summed E-state index contributed by atoms with van der Waals surface area (Å²) in [6, 6.07) is 26.1. The fourth-order valence-electron chi connectivity index (χ4n) is 3.89. The topological polar surface area (TPSA) is 61.8 Å². The molecule has 0 bridgehead atoms. The molecule has 1 N–H and O–H groups in total. The molecule has 0 aromatic heterocycles. The highest BCUT2D eigenvalue weighted by Crippen LogP contribution is 2.37. The van der Waals surface area contributed by atoms with Crippen LogP contribution in [0, 0.1) is 0 Å². The maximum absolute atomic E-state index is 13.0. The predicted octanol–water partition coefficient (Wildman–Crippen LogP) is 5.42. The smallest absolute Gasteiger partial charge is 0.271 e. The van der Waals surface area contributed by atoms with Crippen molar-refractivity contribution in [2.24, 2.45) is 5.10 Å². The SMILES string of the molecule is O=C(NN=Cc1ccccc1Cl)c1ccc(CN2C(=O)c3cccc4cccc2c34)cc1. The van der Waals surface area contributed by atoms with Crippen LogP contribution in [0.25, 0.3) is 10.8 Å². The summed E-state index contributed by atoms with van der Waals surface area (Å²) in [4.78, 5) is 27.1. The van der Waals surface area contributed by atoms with Crippen molar-refractivity contribution in [2.45, 2.75) is 6.54 Å². The van der Waals surface area contributed by atoms with E-state index < -0.39 is 0 Å². The quantitative estimate of drug-likeness (QED) is 0.333. The molecule has 156 valence electrons. The minimum atomic E-state index is -0.325. The molecule has 6 heteroatoms. The number of hydrogen-bond donors (Lipinski definition) is 1. The number of benzene rings is 4. The summed E-state index contributed by atoms with van der Waals surface area (Å²) >= 11 is 6.08. The molecule has 1 aliphatic heterocycles. The number of hydrogen-bond acceptors (Lipinski definition) is 3. The summed E-state index contributed by atoms with van der Waals surface area (Å²) in [6.45, 7) is 0.430. The lowest BCUT2D eigenvalue weighted by Gasteiger charge is -2.18. The Kier molecular flexibility index (Phi) is 5.17. The first kappa shape index (κ1) is 20.0. The van der Waals surface area contributed by atoms with Gasteiger partial charge in [-0.15, -0.1) is 0 Å². The standard InChI is InChI=1S/C26H18ClN3O2/c27-22-9-2-1-5-20(22)15-28-29-25(31)19-13-11-17(12-14-19)16-30-23-10-4-7-18-6-3-8-21(24(18)23)26(30)32/h1-15H,16H2,(H,29,31). The summed E-state index contributed by atoms with van der Waals surface area (Å²) in [5.74, 6) is -0.332. The van der Waals surface area contributed by atoms with Crippen LogP contribution < -0.4 is 10.3 Å². The van der Waals surface area contributed by atoms with E-state index in [2.05, 4.69) is 10.5 Å². The number of rotatable bonds is 5. The molecule has 0 spiro atoms. The van der Waals surface area contributed by atoms with Crippen molar-refractivity contribution in [3.8, 4) is 0 Å². The van der Waals surface area contributed by atoms with Crippen LogP contribution >= 0.6 is 11.6 Å². The Bertz CT molecular complexity index is 1370. The van der Waals surface area contributed by atoms with E-state index >= 15 is 0 Å². The fraction of sp³-hybridized carbons (Fsp3) is 0.0385. The average molecular weight is 440 g/mol. The number of amides is 2. The lowest BCUT2D eigenvalue weighted by Crippen LogP contribution is -2.26. The van der Waals surface area contributed by atoms with Gasteiger partial charge in [0.2, 0.25) is 0 Å². The molecule has 2 amide bonds. The normalized spacial score (nSPS) is 12.7. The van der Waals surface area contributed by atoms with Gasteiger partial charge in [0.15, 0.2) is 0 Å². The third kappa shape index (κ3) is 3.63. The molecule has 0 saturated carbocycles. The van der Waals surface area contributed by atoms with Gasteiger partial charge in [0.05, 0.1) is 18.4 Å². The van der Waals surface area contributed by atoms with Crippen LogP contribution in [0.3, 0.4) is 0 Å². The first-order valence-electron chi connectivity index (χ1n) is 10.1. The van der Waals surface area contributed by atoms with Crippen LogP contribution in [0.1, 0.15) is 31.8 Å². The number of nitrogens with one attached hydrogen (secondary N) is 1. The van der Waals surface area contributed by atoms with Gasteiger partial charge < -0.3 is 4.90 Å². The molecule has 32 heavy (non-hydrogen) atoms. The summed E-state index contributed by atoms with van der Waals surface area (Å²) in [6.07, 6.45) is 1.51. The maximum atomic E-state index is 13.0. The van der Waals surface area contributed by atoms with Gasteiger partial charge in [-0.25, -0.2) is 5.43 Å². The molecule has 0 aliphatic carbocycles. The van der Waals surface area contributed by atoms with Crippen molar-refractivity contribution >= 4 is 46.1 Å². The Labute approximate surface area is 189 Å². The molecule has 0 unspecified atom stereocenters. The van der Waals surface area contributed by atoms with E-state index in [4.69, 9.17) is 11.6 Å². The van der Waals surface area contributed by atoms with E-state index in [0.29, 0.717) is 17.1 Å². The minimum Gasteiger partial charge on any atom is -0.303 e. The molecule has 0 fully saturated rings. The molecule has 5 rings (SSSR count). The number of nitrogens with zero attached hydrogens (tertiary/aromatic N) is 2. The van der Waals surface area contributed by atoms with E-state index in [1.54, 1.807) is 23.1 Å². The number of halogens is 1. The molecular weight excluding hydrogens is 422 g/mol. The molecule has 0 saturated heterocycles. The lowest BCUT2D eigenvalue weighted by molar-refractivity contribution is 0.0953. The van der Waals surface area contributed by atoms with Crippen molar-refractivity contribution in [2.75, 3.05) is 4.90 Å². The predicted molar refractivity (Wildman–Crippen MR) is 127 cm³/mol. The van der Waals surface area contributed by atoms with Gasteiger partial charge >= 0.3 is 0 Å². The van der Waals surface area contributed by atoms with Crippen molar-refractivity contribution in [1.82, 2.24) is 5.43 Å². The minimum absolute atomic E-state index is 0.00692. The zero-order valence-electron chi connectivity index (χ0n) is 17.0. The fourth-order valence-corrected chi connectivity index (χ4v) is 4.07. The zero-order valence-corrected chi connectivity index (χ0v) is 17.7. The number of carbonyl (C=O) groups excluding carboxylic acids is 2. The highest BCUT2D eigenvalue weighted by Gasteiger charge is 2.29. The third-order valence-electron chi connectivity index (χ3n) is 5.48. The van der Waals surface area contributed by atoms with Gasteiger partial charge in [-0.2, -0.15) is 5.10 Å². The highest BCUT2D eigenvalue weighted by molar-refractivity contribution is 6.33. The van der Waals surface area contributed by atoms with Crippen LogP contribution in [0.4, 0.5) is 5.69 Å². The Hall–Kier alpha value is -3.96. The van der Waals surface area contributed by atoms with Gasteiger partial charge in [-0.05, 0) is 41.3 Å². The van der Waals surface area contributed by atoms with Gasteiger partial charge in [0.1, 0.15) is 0 Å². The summed E-state index contributed by atoms with van der Waals surface area (Å²) in [7, 11) is 0. The Balaban J connectivity index is 1.29. The van der Waals surface area contributed by atoms with Crippen molar-refractivity contribution in [3.05, 3.63) is 112 Å². The first-order chi connectivity index (χ1) is 15.6. The second-order valence-corrected chi connectivity index (χ2v) is 7.90. The third-order valence-corrected chi connectivity index (χ3v) is 5.83. The molecule has 5 nitrogen and oxygen atoms in total. The Morgan fingerprint density at radius 1 is 0.938 bits per heavy atom. The van der Waals surface area contributed by atoms with Crippen molar-refractivity contribution in [3.63, 3.8) is 0 Å².